The fourth-order valence-electron chi connectivity index (χ4n) is 5.98. The first-order chi connectivity index (χ1) is 23.4. The van der Waals surface area contributed by atoms with Crippen LogP contribution < -0.4 is 15.4 Å². The highest BCUT2D eigenvalue weighted by Crippen LogP contribution is 2.43. The molecule has 12 heteroatoms. The van der Waals surface area contributed by atoms with Crippen molar-refractivity contribution in [3.8, 4) is 12.1 Å². The van der Waals surface area contributed by atoms with Gasteiger partial charge in [0, 0.05) is 37.1 Å². The van der Waals surface area contributed by atoms with Crippen LogP contribution in [0.25, 0.3) is 0 Å². The number of carbonyl (C=O) groups excluding carboxylic acids is 2. The molecule has 256 valence electrons. The van der Waals surface area contributed by atoms with E-state index in [4.69, 9.17) is 10.00 Å². The van der Waals surface area contributed by atoms with E-state index >= 15 is 4.39 Å². The quantitative estimate of drug-likeness (QED) is 0.200. The number of anilines is 2. The van der Waals surface area contributed by atoms with Crippen LogP contribution in [0.1, 0.15) is 75.1 Å². The Morgan fingerprint density at radius 3 is 2.33 bits per heavy atom. The summed E-state index contributed by atoms with van der Waals surface area (Å²) in [7, 11) is 1.50. The van der Waals surface area contributed by atoms with Crippen LogP contribution >= 0.6 is 0 Å². The van der Waals surface area contributed by atoms with Gasteiger partial charge in [-0.3, -0.25) is 4.79 Å². The molecule has 2 fully saturated rings. The normalized spacial score (nSPS) is 19.3. The summed E-state index contributed by atoms with van der Waals surface area (Å²) in [5.74, 6) is -0.752. The molecule has 49 heavy (non-hydrogen) atoms. The molecular formula is C37H41FN6O4S. The second-order valence-electron chi connectivity index (χ2n) is 13.6. The number of urea groups is 1. The van der Waals surface area contributed by atoms with Crippen LogP contribution in [-0.2, 0) is 26.4 Å². The van der Waals surface area contributed by atoms with Gasteiger partial charge in [0.05, 0.1) is 35.1 Å². The first kappa shape index (κ1) is 35.8. The number of likely N-dealkylation sites (tertiary alicyclic amines) is 1. The summed E-state index contributed by atoms with van der Waals surface area (Å²) in [6.07, 6.45) is 3.31. The van der Waals surface area contributed by atoms with Crippen molar-refractivity contribution in [2.75, 3.05) is 24.3 Å². The predicted molar refractivity (Wildman–Crippen MR) is 186 cm³/mol. The van der Waals surface area contributed by atoms with Crippen molar-refractivity contribution in [3.05, 3.63) is 94.8 Å². The van der Waals surface area contributed by atoms with Crippen molar-refractivity contribution >= 4 is 34.7 Å². The number of amides is 3. The van der Waals surface area contributed by atoms with E-state index in [1.54, 1.807) is 54.6 Å². The summed E-state index contributed by atoms with van der Waals surface area (Å²) in [6, 6.07) is 20.6. The zero-order valence-corrected chi connectivity index (χ0v) is 28.9. The molecule has 1 aliphatic carbocycles. The minimum atomic E-state index is -1.56. The number of hydrogen-bond acceptors (Lipinski definition) is 7. The van der Waals surface area contributed by atoms with Gasteiger partial charge in [-0.1, -0.05) is 31.0 Å². The number of hydrogen-bond donors (Lipinski definition) is 3. The molecule has 0 bridgehead atoms. The number of nitrogens with one attached hydrogen (secondary N) is 3. The lowest BCUT2D eigenvalue weighted by molar-refractivity contribution is -0.119. The fourth-order valence-corrected chi connectivity index (χ4v) is 6.94. The highest BCUT2D eigenvalue weighted by atomic mass is 32.2. The molecule has 1 heterocycles. The van der Waals surface area contributed by atoms with Crippen LogP contribution in [0.15, 0.2) is 66.7 Å². The van der Waals surface area contributed by atoms with E-state index in [0.717, 1.165) is 19.3 Å². The summed E-state index contributed by atoms with van der Waals surface area (Å²) in [6.45, 7) is 5.73. The van der Waals surface area contributed by atoms with Gasteiger partial charge in [-0.25, -0.2) is 9.18 Å². The molecule has 10 nitrogen and oxygen atoms in total. The van der Waals surface area contributed by atoms with Gasteiger partial charge in [0.1, 0.15) is 22.1 Å². The van der Waals surface area contributed by atoms with Gasteiger partial charge in [-0.15, -0.1) is 4.72 Å². The second-order valence-corrected chi connectivity index (χ2v) is 15.6. The zero-order chi connectivity index (χ0) is 35.3. The number of nitriles is 2. The Morgan fingerprint density at radius 1 is 1.00 bits per heavy atom. The zero-order valence-electron chi connectivity index (χ0n) is 28.1. The number of halogens is 1. The van der Waals surface area contributed by atoms with E-state index in [1.165, 1.54) is 18.1 Å². The van der Waals surface area contributed by atoms with Gasteiger partial charge in [0.2, 0.25) is 5.91 Å². The smallest absolute Gasteiger partial charge is 0.322 e. The number of rotatable bonds is 11. The standard InChI is InChI=1S/C37H41FN6O4S/c1-36(2,3)49(47)43-37(17-16-24-8-9-24,27-7-5-6-26(18-27)22-40)28-12-15-31(38)32(19-28)42-34(45)33-20-30(48-4)23-44(33)35(46)41-29-13-10-25(21-39)11-14-29/h5-7,10-15,18-19,24,30,33,43H,8-9,16-17,20,23H2,1-4H3,(H,41,46)(H,42,45)/t30-,33-,37?,49?/m1/s1. The van der Waals surface area contributed by atoms with Gasteiger partial charge in [-0.2, -0.15) is 10.5 Å². The summed E-state index contributed by atoms with van der Waals surface area (Å²) in [4.78, 5) is 28.5. The van der Waals surface area contributed by atoms with E-state index in [-0.39, 0.29) is 18.7 Å². The summed E-state index contributed by atoms with van der Waals surface area (Å²) < 4.78 is 37.6. The third-order valence-corrected chi connectivity index (χ3v) is 10.7. The Labute approximate surface area is 289 Å². The first-order valence-electron chi connectivity index (χ1n) is 16.3. The third-order valence-electron chi connectivity index (χ3n) is 9.07. The molecule has 2 aliphatic rings. The molecule has 5 rings (SSSR count). The maximum Gasteiger partial charge on any atom is 0.322 e. The van der Waals surface area contributed by atoms with Crippen LogP contribution in [-0.4, -0.2) is 51.9 Å². The van der Waals surface area contributed by atoms with Crippen LogP contribution in [0.2, 0.25) is 0 Å². The number of nitrogens with zero attached hydrogens (tertiary/aromatic N) is 3. The maximum atomic E-state index is 15.6. The average Bonchev–Trinajstić information content (AvgIpc) is 3.82. The first-order valence-corrected chi connectivity index (χ1v) is 17.4. The van der Waals surface area contributed by atoms with Gasteiger partial charge >= 0.3 is 6.03 Å². The van der Waals surface area contributed by atoms with Gasteiger partial charge in [0.25, 0.3) is 0 Å². The van der Waals surface area contributed by atoms with Crippen molar-refractivity contribution in [1.29, 1.82) is 10.5 Å². The van der Waals surface area contributed by atoms with Crippen molar-refractivity contribution in [2.45, 2.75) is 75.3 Å². The average molecular weight is 685 g/mol. The molecule has 3 aromatic rings. The fraction of sp³-hybridized carbons (Fsp3) is 0.405. The number of ether oxygens (including phenoxy) is 1. The van der Waals surface area contributed by atoms with Crippen LogP contribution in [0.5, 0.6) is 0 Å². The van der Waals surface area contributed by atoms with Crippen LogP contribution in [0.3, 0.4) is 0 Å². The molecule has 1 saturated heterocycles. The molecule has 4 atom stereocenters. The maximum absolute atomic E-state index is 15.6. The third kappa shape index (κ3) is 8.41. The summed E-state index contributed by atoms with van der Waals surface area (Å²) in [5.41, 5.74) is 1.43. The van der Waals surface area contributed by atoms with Gasteiger partial charge < -0.3 is 24.8 Å². The van der Waals surface area contributed by atoms with Gasteiger partial charge in [0.15, 0.2) is 0 Å². The van der Waals surface area contributed by atoms with Gasteiger partial charge in [-0.05, 0) is 99.2 Å². The highest BCUT2D eigenvalue weighted by molar-refractivity contribution is 7.90. The van der Waals surface area contributed by atoms with Crippen LogP contribution in [0.4, 0.5) is 20.6 Å². The van der Waals surface area contributed by atoms with Crippen molar-refractivity contribution in [2.24, 2.45) is 5.92 Å². The number of carbonyl (C=O) groups is 2. The molecule has 3 amide bonds. The monoisotopic (exact) mass is 684 g/mol. The molecule has 1 saturated carbocycles. The predicted octanol–water partition coefficient (Wildman–Crippen LogP) is 6.31. The molecule has 0 aromatic heterocycles. The second kappa shape index (κ2) is 15.0. The Bertz CT molecular complexity index is 1760. The van der Waals surface area contributed by atoms with E-state index in [9.17, 15) is 19.4 Å². The molecule has 3 aromatic carbocycles. The summed E-state index contributed by atoms with van der Waals surface area (Å²) >= 11 is -1.56. The Balaban J connectivity index is 1.48. The molecule has 2 unspecified atom stereocenters. The van der Waals surface area contributed by atoms with E-state index in [2.05, 4.69) is 21.4 Å². The van der Waals surface area contributed by atoms with Crippen molar-refractivity contribution in [1.82, 2.24) is 9.62 Å². The van der Waals surface area contributed by atoms with E-state index in [0.29, 0.717) is 40.3 Å². The lowest BCUT2D eigenvalue weighted by Crippen LogP contribution is -2.52. The topological polar surface area (TPSA) is 153 Å². The van der Waals surface area contributed by atoms with Crippen molar-refractivity contribution in [3.63, 3.8) is 0 Å². The number of methoxy groups -OCH3 is 1. The minimum absolute atomic E-state index is 0.0913. The Kier molecular flexibility index (Phi) is 11.0. The van der Waals surface area contributed by atoms with E-state index in [1.807, 2.05) is 32.9 Å². The molecule has 1 aliphatic heterocycles. The van der Waals surface area contributed by atoms with E-state index < -0.39 is 51.5 Å². The number of benzene rings is 3. The largest absolute Gasteiger partial charge is 0.598 e. The molecule has 0 spiro atoms. The molecule has 0 radical (unpaired) electrons. The molecule has 3 N–H and O–H groups in total. The highest BCUT2D eigenvalue weighted by Gasteiger charge is 2.44. The Hall–Kier alpha value is -4.46. The molecular weight excluding hydrogens is 644 g/mol. The Morgan fingerprint density at radius 2 is 1.69 bits per heavy atom. The lowest BCUT2D eigenvalue weighted by atomic mass is 9.79. The van der Waals surface area contributed by atoms with Crippen LogP contribution in [0, 0.1) is 34.4 Å². The summed E-state index contributed by atoms with van der Waals surface area (Å²) in [5, 5.41) is 24.3. The van der Waals surface area contributed by atoms with Crippen molar-refractivity contribution < 1.29 is 23.3 Å². The lowest BCUT2D eigenvalue weighted by Gasteiger charge is -2.39. The minimum Gasteiger partial charge on any atom is -0.598 e. The SMILES string of the molecule is CO[C@@H]1C[C@H](C(=O)Nc2cc(C(CCC3CC3)(N[S+]([O-])C(C)(C)C)c3cccc(C#N)c3)ccc2F)N(C(=O)Nc2ccc(C#N)cc2)C1.